The average molecular weight is 388 g/mol. The number of alkyl halides is 3. The van der Waals surface area contributed by atoms with E-state index in [-0.39, 0.29) is 12.2 Å². The van der Waals surface area contributed by atoms with Crippen molar-refractivity contribution in [3.8, 4) is 5.88 Å². The minimum absolute atomic E-state index is 0.164. The number of nitrogens with zero attached hydrogens (tertiary/aromatic N) is 2. The molecule has 1 N–H and O–H groups in total. The van der Waals surface area contributed by atoms with Crippen LogP contribution in [0, 0.1) is 5.92 Å². The van der Waals surface area contributed by atoms with Gasteiger partial charge >= 0.3 is 12.1 Å². The molecule has 3 fully saturated rings. The van der Waals surface area contributed by atoms with E-state index in [9.17, 15) is 13.2 Å². The molecule has 0 aromatic carbocycles. The van der Waals surface area contributed by atoms with Crippen LogP contribution in [0.25, 0.3) is 0 Å². The van der Waals surface area contributed by atoms with Crippen molar-refractivity contribution in [2.24, 2.45) is 5.92 Å². The summed E-state index contributed by atoms with van der Waals surface area (Å²) >= 11 is 0. The fourth-order valence-corrected chi connectivity index (χ4v) is 3.55. The van der Waals surface area contributed by atoms with Gasteiger partial charge in [0.1, 0.15) is 12.2 Å². The minimum atomic E-state index is -5.08. The van der Waals surface area contributed by atoms with Gasteiger partial charge in [-0.25, -0.2) is 9.78 Å². The molecule has 2 heterocycles. The molecule has 2 saturated carbocycles. The lowest BCUT2D eigenvalue weighted by Gasteiger charge is -2.39. The van der Waals surface area contributed by atoms with Crippen molar-refractivity contribution in [3.63, 3.8) is 0 Å². The van der Waals surface area contributed by atoms with E-state index in [0.29, 0.717) is 6.04 Å². The van der Waals surface area contributed by atoms with Gasteiger partial charge < -0.3 is 14.6 Å². The van der Waals surface area contributed by atoms with Crippen LogP contribution in [0.15, 0.2) is 24.4 Å². The quantitative estimate of drug-likeness (QED) is 0.855. The van der Waals surface area contributed by atoms with E-state index in [4.69, 9.17) is 19.4 Å². The van der Waals surface area contributed by atoms with Crippen molar-refractivity contribution in [2.45, 2.75) is 50.1 Å². The minimum Gasteiger partial charge on any atom is -0.475 e. The largest absolute Gasteiger partial charge is 0.490 e. The zero-order valence-electron chi connectivity index (χ0n) is 14.8. The highest BCUT2D eigenvalue weighted by atomic mass is 19.4. The summed E-state index contributed by atoms with van der Waals surface area (Å²) in [6.07, 6.45) is 2.19. The number of halogens is 3. The number of aliphatic carboxylic acids is 1. The molecule has 9 heteroatoms. The van der Waals surface area contributed by atoms with Crippen LogP contribution in [0.4, 0.5) is 13.2 Å². The summed E-state index contributed by atoms with van der Waals surface area (Å²) in [5, 5.41) is 7.12. The lowest BCUT2D eigenvalue weighted by Crippen LogP contribution is -2.52. The second kappa shape index (κ2) is 8.43. The number of morpholine rings is 1. The van der Waals surface area contributed by atoms with E-state index in [1.807, 2.05) is 18.2 Å². The van der Waals surface area contributed by atoms with Crippen LogP contribution in [0.3, 0.4) is 0 Å². The van der Waals surface area contributed by atoms with Gasteiger partial charge in [-0.15, -0.1) is 0 Å². The Morgan fingerprint density at radius 3 is 2.63 bits per heavy atom. The molecular formula is C18H23F3N2O4. The lowest BCUT2D eigenvalue weighted by molar-refractivity contribution is -0.192. The Hall–Kier alpha value is -1.87. The second-order valence-corrected chi connectivity index (χ2v) is 7.05. The number of fused-ring (bicyclic) bond motifs is 1. The number of carboxylic acid groups (broad SMARTS) is 1. The van der Waals surface area contributed by atoms with E-state index >= 15 is 0 Å². The molecule has 0 radical (unpaired) electrons. The Bertz CT molecular complexity index is 625. The Kier molecular flexibility index (Phi) is 6.21. The Balaban J connectivity index is 0.000000260. The van der Waals surface area contributed by atoms with Gasteiger partial charge in [-0.05, 0) is 37.7 Å². The van der Waals surface area contributed by atoms with E-state index in [0.717, 1.165) is 31.4 Å². The first-order valence-corrected chi connectivity index (χ1v) is 9.08. The highest BCUT2D eigenvalue weighted by Gasteiger charge is 2.45. The molecule has 1 aromatic rings. The summed E-state index contributed by atoms with van der Waals surface area (Å²) in [7, 11) is 0. The predicted octanol–water partition coefficient (Wildman–Crippen LogP) is 2.74. The van der Waals surface area contributed by atoms with Crippen LogP contribution in [0.1, 0.15) is 25.7 Å². The second-order valence-electron chi connectivity index (χ2n) is 7.05. The monoisotopic (exact) mass is 388 g/mol. The first-order valence-electron chi connectivity index (χ1n) is 9.08. The highest BCUT2D eigenvalue weighted by molar-refractivity contribution is 5.73. The molecule has 3 aliphatic rings. The van der Waals surface area contributed by atoms with Gasteiger partial charge in [0.2, 0.25) is 5.88 Å². The third-order valence-electron chi connectivity index (χ3n) is 4.99. The van der Waals surface area contributed by atoms with Crippen molar-refractivity contribution in [3.05, 3.63) is 24.4 Å². The average Bonchev–Trinajstić information content (AvgIpc) is 3.35. The SMILES string of the molecule is O=C(O)C(F)(F)F.c1ccc(O[C@@H]2CC[C@H]3[C@H]2OCCN3CC2CC2)nc1. The number of hydrogen-bond acceptors (Lipinski definition) is 5. The zero-order valence-corrected chi connectivity index (χ0v) is 14.8. The Labute approximate surface area is 155 Å². The molecular weight excluding hydrogens is 365 g/mol. The maximum atomic E-state index is 10.6. The molecule has 2 aliphatic carbocycles. The highest BCUT2D eigenvalue weighted by Crippen LogP contribution is 2.36. The molecule has 3 atom stereocenters. The van der Waals surface area contributed by atoms with E-state index in [2.05, 4.69) is 9.88 Å². The van der Waals surface area contributed by atoms with Crippen molar-refractivity contribution < 1.29 is 32.5 Å². The standard InChI is InChI=1S/C16H22N2O2.C2HF3O2/c1-2-8-17-15(3-1)20-14-7-6-13-16(14)19-10-9-18(13)11-12-4-5-12;3-2(4,5)1(6)7/h1-3,8,12-14,16H,4-7,9-11H2;(H,6,7)/t13-,14+,16+;/m0./s1. The van der Waals surface area contributed by atoms with Gasteiger partial charge in [0.15, 0.2) is 0 Å². The number of hydrogen-bond donors (Lipinski definition) is 1. The smallest absolute Gasteiger partial charge is 0.475 e. The summed E-state index contributed by atoms with van der Waals surface area (Å²) in [6.45, 7) is 3.20. The van der Waals surface area contributed by atoms with Crippen molar-refractivity contribution in [1.82, 2.24) is 9.88 Å². The van der Waals surface area contributed by atoms with Crippen LogP contribution in [0.5, 0.6) is 5.88 Å². The van der Waals surface area contributed by atoms with Crippen molar-refractivity contribution in [2.75, 3.05) is 19.7 Å². The summed E-state index contributed by atoms with van der Waals surface area (Å²) in [6, 6.07) is 6.37. The van der Waals surface area contributed by atoms with E-state index in [1.165, 1.54) is 25.8 Å². The number of carbonyl (C=O) groups is 1. The van der Waals surface area contributed by atoms with Gasteiger partial charge in [-0.3, -0.25) is 4.90 Å². The Morgan fingerprint density at radius 1 is 1.30 bits per heavy atom. The van der Waals surface area contributed by atoms with Gasteiger partial charge in [-0.1, -0.05) is 6.07 Å². The van der Waals surface area contributed by atoms with Crippen molar-refractivity contribution >= 4 is 5.97 Å². The molecule has 0 bridgehead atoms. The normalized spacial score (nSPS) is 28.0. The third kappa shape index (κ3) is 5.55. The first kappa shape index (κ1) is 19.9. The summed E-state index contributed by atoms with van der Waals surface area (Å²) in [5.74, 6) is -1.09. The molecule has 0 spiro atoms. The molecule has 1 aromatic heterocycles. The zero-order chi connectivity index (χ0) is 19.4. The fraction of sp³-hybridized carbons (Fsp3) is 0.667. The van der Waals surface area contributed by atoms with Crippen molar-refractivity contribution in [1.29, 1.82) is 0 Å². The summed E-state index contributed by atoms with van der Waals surface area (Å²) < 4.78 is 43.8. The Morgan fingerprint density at radius 2 is 2.04 bits per heavy atom. The molecule has 150 valence electrons. The maximum Gasteiger partial charge on any atom is 0.490 e. The predicted molar refractivity (Wildman–Crippen MR) is 89.4 cm³/mol. The maximum absolute atomic E-state index is 10.6. The van der Waals surface area contributed by atoms with Crippen LogP contribution < -0.4 is 4.74 Å². The van der Waals surface area contributed by atoms with Gasteiger partial charge in [-0.2, -0.15) is 13.2 Å². The lowest BCUT2D eigenvalue weighted by atomic mass is 10.1. The molecule has 6 nitrogen and oxygen atoms in total. The summed E-state index contributed by atoms with van der Waals surface area (Å²) in [4.78, 5) is 15.8. The third-order valence-corrected chi connectivity index (χ3v) is 4.99. The molecule has 27 heavy (non-hydrogen) atoms. The van der Waals surface area contributed by atoms with Crippen LogP contribution >= 0.6 is 0 Å². The number of pyridine rings is 1. The molecule has 1 saturated heterocycles. The molecule has 4 rings (SSSR count). The summed E-state index contributed by atoms with van der Waals surface area (Å²) in [5.41, 5.74) is 0. The first-order chi connectivity index (χ1) is 12.8. The number of aromatic nitrogens is 1. The van der Waals surface area contributed by atoms with Crippen LogP contribution in [-0.2, 0) is 9.53 Å². The van der Waals surface area contributed by atoms with Gasteiger partial charge in [0.25, 0.3) is 0 Å². The fourth-order valence-electron chi connectivity index (χ4n) is 3.55. The van der Waals surface area contributed by atoms with Gasteiger partial charge in [0.05, 0.1) is 6.61 Å². The molecule has 0 amide bonds. The number of rotatable bonds is 4. The van der Waals surface area contributed by atoms with Crippen LogP contribution in [0.2, 0.25) is 0 Å². The number of ether oxygens (including phenoxy) is 2. The van der Waals surface area contributed by atoms with Gasteiger partial charge in [0, 0.05) is 31.4 Å². The number of carboxylic acids is 1. The van der Waals surface area contributed by atoms with E-state index < -0.39 is 12.1 Å². The molecule has 1 aliphatic heterocycles. The van der Waals surface area contributed by atoms with Crippen LogP contribution in [-0.4, -0.2) is 65.1 Å². The molecule has 0 unspecified atom stereocenters. The van der Waals surface area contributed by atoms with E-state index in [1.54, 1.807) is 6.20 Å². The topological polar surface area (TPSA) is 71.9 Å².